The molecule has 1 heterocycles. The average molecular weight is 471 g/mol. The highest BCUT2D eigenvalue weighted by Gasteiger charge is 2.21. The fourth-order valence-electron chi connectivity index (χ4n) is 3.81. The Labute approximate surface area is 202 Å². The summed E-state index contributed by atoms with van der Waals surface area (Å²) in [5.41, 5.74) is 7.52. The van der Waals surface area contributed by atoms with Crippen LogP contribution in [0.25, 0.3) is 11.1 Å². The van der Waals surface area contributed by atoms with Gasteiger partial charge in [-0.15, -0.1) is 0 Å². The molecule has 1 amide bonds. The molecule has 0 bridgehead atoms. The number of aromatic nitrogens is 2. The van der Waals surface area contributed by atoms with Crippen molar-refractivity contribution in [2.45, 2.75) is 13.0 Å². The van der Waals surface area contributed by atoms with Crippen LogP contribution < -0.4 is 26.6 Å². The predicted molar refractivity (Wildman–Crippen MR) is 137 cm³/mol. The molecule has 0 fully saturated rings. The molecule has 0 spiro atoms. The SMILES string of the molecule is CN(C(=O)CCOc1ccccc1-c1ccccc1)c1c(N)n(Cc2ccccc2)c(=O)[nH]c1=O. The third kappa shape index (κ3) is 5.33. The van der Waals surface area contributed by atoms with Gasteiger partial charge in [-0.3, -0.25) is 19.1 Å². The first kappa shape index (κ1) is 23.6. The highest BCUT2D eigenvalue weighted by molar-refractivity contribution is 5.95. The number of nitrogens with one attached hydrogen (secondary N) is 1. The summed E-state index contributed by atoms with van der Waals surface area (Å²) < 4.78 is 7.15. The van der Waals surface area contributed by atoms with Gasteiger partial charge in [-0.05, 0) is 17.2 Å². The highest BCUT2D eigenvalue weighted by atomic mass is 16.5. The third-order valence-corrected chi connectivity index (χ3v) is 5.65. The Hall–Kier alpha value is -4.59. The summed E-state index contributed by atoms with van der Waals surface area (Å²) in [5.74, 6) is 0.209. The second-order valence-corrected chi connectivity index (χ2v) is 7.98. The van der Waals surface area contributed by atoms with Crippen molar-refractivity contribution in [2.24, 2.45) is 0 Å². The number of benzene rings is 3. The summed E-state index contributed by atoms with van der Waals surface area (Å²) in [7, 11) is 1.46. The number of nitrogens with zero attached hydrogens (tertiary/aromatic N) is 2. The maximum absolute atomic E-state index is 12.9. The van der Waals surface area contributed by atoms with Gasteiger partial charge in [-0.1, -0.05) is 78.9 Å². The average Bonchev–Trinajstić information content (AvgIpc) is 2.87. The minimum atomic E-state index is -0.719. The van der Waals surface area contributed by atoms with Crippen LogP contribution in [0, 0.1) is 0 Å². The zero-order chi connectivity index (χ0) is 24.8. The van der Waals surface area contributed by atoms with Crippen LogP contribution in [-0.2, 0) is 11.3 Å². The molecule has 3 aromatic carbocycles. The summed E-state index contributed by atoms with van der Waals surface area (Å²) in [5, 5.41) is 0. The largest absolute Gasteiger partial charge is 0.492 e. The minimum Gasteiger partial charge on any atom is -0.492 e. The van der Waals surface area contributed by atoms with E-state index in [4.69, 9.17) is 10.5 Å². The number of aromatic amines is 1. The summed E-state index contributed by atoms with van der Waals surface area (Å²) in [6.07, 6.45) is 0.0102. The van der Waals surface area contributed by atoms with Gasteiger partial charge in [-0.25, -0.2) is 4.79 Å². The molecule has 3 N–H and O–H groups in total. The fraction of sp³-hybridized carbons (Fsp3) is 0.148. The zero-order valence-electron chi connectivity index (χ0n) is 19.3. The summed E-state index contributed by atoms with van der Waals surface area (Å²) in [6, 6.07) is 26.6. The van der Waals surface area contributed by atoms with Gasteiger partial charge in [0.05, 0.1) is 19.6 Å². The molecule has 8 heteroatoms. The van der Waals surface area contributed by atoms with Crippen molar-refractivity contribution < 1.29 is 9.53 Å². The van der Waals surface area contributed by atoms with Crippen molar-refractivity contribution >= 4 is 17.4 Å². The van der Waals surface area contributed by atoms with E-state index in [1.54, 1.807) is 0 Å². The summed E-state index contributed by atoms with van der Waals surface area (Å²) in [4.78, 5) is 41.3. The molecular formula is C27H26N4O4. The lowest BCUT2D eigenvalue weighted by molar-refractivity contribution is -0.118. The third-order valence-electron chi connectivity index (χ3n) is 5.65. The lowest BCUT2D eigenvalue weighted by Gasteiger charge is -2.20. The Kier molecular flexibility index (Phi) is 7.11. The molecule has 0 saturated carbocycles. The number of carbonyl (C=O) groups is 1. The Morgan fingerprint density at radius 3 is 2.29 bits per heavy atom. The Morgan fingerprint density at radius 1 is 0.943 bits per heavy atom. The molecule has 4 aromatic rings. The number of hydrogen-bond donors (Lipinski definition) is 2. The molecule has 0 radical (unpaired) electrons. The maximum Gasteiger partial charge on any atom is 0.330 e. The van der Waals surface area contributed by atoms with Crippen LogP contribution in [0.4, 0.5) is 11.5 Å². The van der Waals surface area contributed by atoms with Crippen LogP contribution in [-0.4, -0.2) is 29.1 Å². The van der Waals surface area contributed by atoms with Crippen LogP contribution in [0.3, 0.4) is 0 Å². The second-order valence-electron chi connectivity index (χ2n) is 7.98. The molecule has 1 aromatic heterocycles. The molecule has 0 aliphatic carbocycles. The zero-order valence-corrected chi connectivity index (χ0v) is 19.3. The monoisotopic (exact) mass is 470 g/mol. The number of anilines is 2. The smallest absolute Gasteiger partial charge is 0.330 e. The van der Waals surface area contributed by atoms with Gasteiger partial charge in [0.25, 0.3) is 5.56 Å². The van der Waals surface area contributed by atoms with Gasteiger partial charge < -0.3 is 15.4 Å². The molecule has 0 unspecified atom stereocenters. The van der Waals surface area contributed by atoms with E-state index in [2.05, 4.69) is 4.98 Å². The number of carbonyl (C=O) groups excluding carboxylic acids is 1. The number of nitrogen functional groups attached to an aromatic ring is 1. The lowest BCUT2D eigenvalue weighted by Crippen LogP contribution is -2.39. The Morgan fingerprint density at radius 2 is 1.57 bits per heavy atom. The van der Waals surface area contributed by atoms with Gasteiger partial charge in [0.15, 0.2) is 5.69 Å². The van der Waals surface area contributed by atoms with Crippen LogP contribution in [0.2, 0.25) is 0 Å². The molecule has 0 aliphatic heterocycles. The molecule has 0 saturated heterocycles. The first-order valence-electron chi connectivity index (χ1n) is 11.2. The molecule has 8 nitrogen and oxygen atoms in total. The van der Waals surface area contributed by atoms with Crippen LogP contribution in [0.5, 0.6) is 5.75 Å². The van der Waals surface area contributed by atoms with E-state index in [9.17, 15) is 14.4 Å². The van der Waals surface area contributed by atoms with Gasteiger partial charge in [-0.2, -0.15) is 0 Å². The van der Waals surface area contributed by atoms with E-state index in [-0.39, 0.29) is 37.0 Å². The number of hydrogen-bond acceptors (Lipinski definition) is 5. The van der Waals surface area contributed by atoms with Crippen LogP contribution >= 0.6 is 0 Å². The van der Waals surface area contributed by atoms with E-state index in [1.807, 2.05) is 84.9 Å². The van der Waals surface area contributed by atoms with Crippen LogP contribution in [0.15, 0.2) is 94.5 Å². The first-order valence-corrected chi connectivity index (χ1v) is 11.2. The van der Waals surface area contributed by atoms with Crippen LogP contribution in [0.1, 0.15) is 12.0 Å². The highest BCUT2D eigenvalue weighted by Crippen LogP contribution is 2.29. The number of amides is 1. The number of para-hydroxylation sites is 1. The molecular weight excluding hydrogens is 444 g/mol. The number of H-pyrrole nitrogens is 1. The van der Waals surface area contributed by atoms with Crippen molar-refractivity contribution in [3.05, 3.63) is 111 Å². The Balaban J connectivity index is 1.49. The number of rotatable bonds is 8. The van der Waals surface area contributed by atoms with Crippen molar-refractivity contribution in [1.29, 1.82) is 0 Å². The van der Waals surface area contributed by atoms with E-state index < -0.39 is 11.2 Å². The number of ether oxygens (including phenoxy) is 1. The maximum atomic E-state index is 12.9. The summed E-state index contributed by atoms with van der Waals surface area (Å²) >= 11 is 0. The van der Waals surface area contributed by atoms with Crippen molar-refractivity contribution in [3.63, 3.8) is 0 Å². The molecule has 4 rings (SSSR count). The predicted octanol–water partition coefficient (Wildman–Crippen LogP) is 3.27. The van der Waals surface area contributed by atoms with E-state index >= 15 is 0 Å². The fourth-order valence-corrected chi connectivity index (χ4v) is 3.81. The van der Waals surface area contributed by atoms with Gasteiger partial charge in [0.1, 0.15) is 11.6 Å². The van der Waals surface area contributed by atoms with Crippen molar-refractivity contribution in [1.82, 2.24) is 9.55 Å². The molecule has 35 heavy (non-hydrogen) atoms. The van der Waals surface area contributed by atoms with Gasteiger partial charge in [0.2, 0.25) is 5.91 Å². The second kappa shape index (κ2) is 10.6. The van der Waals surface area contributed by atoms with E-state index in [0.717, 1.165) is 16.7 Å². The lowest BCUT2D eigenvalue weighted by atomic mass is 10.1. The molecule has 178 valence electrons. The van der Waals surface area contributed by atoms with Gasteiger partial charge >= 0.3 is 5.69 Å². The van der Waals surface area contributed by atoms with E-state index in [0.29, 0.717) is 5.75 Å². The van der Waals surface area contributed by atoms with Crippen molar-refractivity contribution in [2.75, 3.05) is 24.3 Å². The topological polar surface area (TPSA) is 110 Å². The standard InChI is InChI=1S/C27H26N4O4/c1-30(24-25(28)31(27(34)29-26(24)33)18-19-10-4-2-5-11-19)23(32)16-17-35-22-15-9-8-14-21(22)20-12-6-3-7-13-20/h2-15H,16-18,28H2,1H3,(H,29,33,34). The minimum absolute atomic E-state index is 0.0102. The normalized spacial score (nSPS) is 10.7. The van der Waals surface area contributed by atoms with Crippen molar-refractivity contribution in [3.8, 4) is 16.9 Å². The first-order chi connectivity index (χ1) is 17.0. The Bertz CT molecular complexity index is 1430. The van der Waals surface area contributed by atoms with E-state index in [1.165, 1.54) is 16.5 Å². The van der Waals surface area contributed by atoms with Gasteiger partial charge in [0, 0.05) is 12.6 Å². The quantitative estimate of drug-likeness (QED) is 0.411. The number of nitrogens with two attached hydrogens (primary N) is 1. The summed E-state index contributed by atoms with van der Waals surface area (Å²) in [6.45, 7) is 0.269. The molecule has 0 aliphatic rings. The molecule has 0 atom stereocenters.